The van der Waals surface area contributed by atoms with E-state index in [1.165, 1.54) is 6.07 Å². The van der Waals surface area contributed by atoms with Gasteiger partial charge in [-0.25, -0.2) is 4.39 Å². The van der Waals surface area contributed by atoms with Crippen molar-refractivity contribution in [2.24, 2.45) is 0 Å². The molecule has 3 nitrogen and oxygen atoms in total. The molecule has 5 heteroatoms. The van der Waals surface area contributed by atoms with Crippen LogP contribution in [-0.4, -0.2) is 17.6 Å². The third kappa shape index (κ3) is 6.00. The molecule has 35 heavy (non-hydrogen) atoms. The zero-order chi connectivity index (χ0) is 24.8. The van der Waals surface area contributed by atoms with E-state index < -0.39 is 0 Å². The number of carbonyl (C=O) groups is 1. The number of rotatable bonds is 8. The van der Waals surface area contributed by atoms with Gasteiger partial charge in [0.15, 0.2) is 0 Å². The van der Waals surface area contributed by atoms with E-state index in [2.05, 4.69) is 11.9 Å². The van der Waals surface area contributed by atoms with Crippen molar-refractivity contribution < 1.29 is 14.3 Å². The number of nitrogens with one attached hydrogen (secondary N) is 1. The first-order valence-electron chi connectivity index (χ1n) is 11.3. The second-order valence-electron chi connectivity index (χ2n) is 8.21. The molecule has 0 saturated carbocycles. The van der Waals surface area contributed by atoms with Crippen molar-refractivity contribution in [3.8, 4) is 5.75 Å². The van der Waals surface area contributed by atoms with Gasteiger partial charge in [-0.15, -0.1) is 0 Å². The minimum atomic E-state index is -0.298. The van der Waals surface area contributed by atoms with Gasteiger partial charge in [-0.2, -0.15) is 0 Å². The number of hydrogen-bond acceptors (Lipinski definition) is 3. The molecule has 176 valence electrons. The largest absolute Gasteiger partial charge is 0.508 e. The number of aromatic hydroxyl groups is 1. The Hall–Kier alpha value is -3.83. The fourth-order valence-corrected chi connectivity index (χ4v) is 4.85. The van der Waals surface area contributed by atoms with E-state index in [4.69, 9.17) is 0 Å². The number of hydrogen-bond donors (Lipinski definition) is 2. The summed E-state index contributed by atoms with van der Waals surface area (Å²) in [5.41, 5.74) is 4.51. The lowest BCUT2D eigenvalue weighted by atomic mass is 9.99. The lowest BCUT2D eigenvalue weighted by Gasteiger charge is -2.14. The molecule has 0 bridgehead atoms. The predicted octanol–water partition coefficient (Wildman–Crippen LogP) is 7.02. The van der Waals surface area contributed by atoms with E-state index in [1.807, 2.05) is 55.5 Å². The molecule has 4 aromatic rings. The standard InChI is InChI=1S/C30H26FNO2S/c1-20-18-23(30(34)32-17-16-22-8-7-9-24(33)19-22)14-15-28(20)35-29-13-6-4-11-26(29)21(2)25-10-3-5-12-27(25)31/h3-15,18-19,33H,2,16-17H2,1H3,(H,32,34). The van der Waals surface area contributed by atoms with Gasteiger partial charge in [-0.1, -0.05) is 66.9 Å². The van der Waals surface area contributed by atoms with E-state index in [-0.39, 0.29) is 17.5 Å². The van der Waals surface area contributed by atoms with Crippen LogP contribution < -0.4 is 5.32 Å². The van der Waals surface area contributed by atoms with Crippen LogP contribution in [0.25, 0.3) is 5.57 Å². The highest BCUT2D eigenvalue weighted by Crippen LogP contribution is 2.37. The SMILES string of the molecule is C=C(c1ccccc1F)c1ccccc1Sc1ccc(C(=O)NCCc2cccc(O)c2)cc1C. The summed E-state index contributed by atoms with van der Waals surface area (Å²) >= 11 is 1.57. The quantitative estimate of drug-likeness (QED) is 0.283. The molecule has 2 N–H and O–H groups in total. The molecule has 0 saturated heterocycles. The van der Waals surface area contributed by atoms with E-state index in [0.717, 1.165) is 26.5 Å². The topological polar surface area (TPSA) is 49.3 Å². The van der Waals surface area contributed by atoms with Gasteiger partial charge >= 0.3 is 0 Å². The fourth-order valence-electron chi connectivity index (χ4n) is 3.81. The number of phenolic OH excluding ortho intramolecular Hbond substituents is 1. The zero-order valence-electron chi connectivity index (χ0n) is 19.4. The summed E-state index contributed by atoms with van der Waals surface area (Å²) in [6.45, 7) is 6.60. The summed E-state index contributed by atoms with van der Waals surface area (Å²) < 4.78 is 14.4. The summed E-state index contributed by atoms with van der Waals surface area (Å²) in [5.74, 6) is -0.220. The monoisotopic (exact) mass is 483 g/mol. The van der Waals surface area contributed by atoms with Gasteiger partial charge in [-0.3, -0.25) is 4.79 Å². The fraction of sp³-hybridized carbons (Fsp3) is 0.100. The normalized spacial score (nSPS) is 10.7. The summed E-state index contributed by atoms with van der Waals surface area (Å²) in [6, 6.07) is 27.1. The molecule has 0 heterocycles. The van der Waals surface area contributed by atoms with E-state index in [9.17, 15) is 14.3 Å². The molecule has 0 radical (unpaired) electrons. The molecule has 0 aliphatic carbocycles. The van der Waals surface area contributed by atoms with E-state index in [1.54, 1.807) is 48.2 Å². The first-order valence-corrected chi connectivity index (χ1v) is 12.1. The van der Waals surface area contributed by atoms with Gasteiger partial charge in [0.05, 0.1) is 0 Å². The molecule has 0 aromatic heterocycles. The van der Waals surface area contributed by atoms with Crippen LogP contribution in [0.3, 0.4) is 0 Å². The van der Waals surface area contributed by atoms with Gasteiger partial charge in [-0.05, 0) is 78.1 Å². The molecular weight excluding hydrogens is 457 g/mol. The molecule has 1 amide bonds. The highest BCUT2D eigenvalue weighted by Gasteiger charge is 2.14. The molecular formula is C30H26FNO2S. The van der Waals surface area contributed by atoms with Crippen molar-refractivity contribution in [3.05, 3.63) is 131 Å². The Bertz CT molecular complexity index is 1380. The minimum Gasteiger partial charge on any atom is -0.508 e. The van der Waals surface area contributed by atoms with Crippen LogP contribution in [0, 0.1) is 12.7 Å². The Morgan fingerprint density at radius 1 is 0.914 bits per heavy atom. The Morgan fingerprint density at radius 3 is 2.40 bits per heavy atom. The number of amides is 1. The first-order chi connectivity index (χ1) is 16.9. The third-order valence-electron chi connectivity index (χ3n) is 5.68. The maximum atomic E-state index is 14.4. The van der Waals surface area contributed by atoms with E-state index >= 15 is 0 Å². The molecule has 4 rings (SSSR count). The Labute approximate surface area is 209 Å². The maximum absolute atomic E-state index is 14.4. The Morgan fingerprint density at radius 2 is 1.66 bits per heavy atom. The van der Waals surface area contributed by atoms with Crippen LogP contribution in [0.4, 0.5) is 4.39 Å². The Balaban J connectivity index is 1.45. The van der Waals surface area contributed by atoms with Crippen molar-refractivity contribution in [1.82, 2.24) is 5.32 Å². The van der Waals surface area contributed by atoms with Crippen molar-refractivity contribution in [3.63, 3.8) is 0 Å². The van der Waals surface area contributed by atoms with Crippen LogP contribution in [0.15, 0.2) is 107 Å². The second kappa shape index (κ2) is 11.1. The van der Waals surface area contributed by atoms with Gasteiger partial charge < -0.3 is 10.4 Å². The third-order valence-corrected chi connectivity index (χ3v) is 6.93. The van der Waals surface area contributed by atoms with E-state index in [0.29, 0.717) is 29.7 Å². The van der Waals surface area contributed by atoms with Gasteiger partial charge in [0, 0.05) is 27.5 Å². The van der Waals surface area contributed by atoms with Crippen molar-refractivity contribution >= 4 is 23.2 Å². The molecule has 0 atom stereocenters. The average Bonchev–Trinajstić information content (AvgIpc) is 2.85. The summed E-state index contributed by atoms with van der Waals surface area (Å²) in [6.07, 6.45) is 0.635. The minimum absolute atomic E-state index is 0.141. The lowest BCUT2D eigenvalue weighted by Crippen LogP contribution is -2.25. The smallest absolute Gasteiger partial charge is 0.251 e. The number of benzene rings is 4. The van der Waals surface area contributed by atoms with Gasteiger partial charge in [0.2, 0.25) is 0 Å². The molecule has 0 unspecified atom stereocenters. The number of aryl methyl sites for hydroxylation is 1. The number of carbonyl (C=O) groups excluding carboxylic acids is 1. The van der Waals surface area contributed by atoms with Crippen molar-refractivity contribution in [1.29, 1.82) is 0 Å². The summed E-state index contributed by atoms with van der Waals surface area (Å²) in [5, 5.41) is 12.5. The van der Waals surface area contributed by atoms with Crippen LogP contribution in [0.2, 0.25) is 0 Å². The van der Waals surface area contributed by atoms with Crippen LogP contribution in [-0.2, 0) is 6.42 Å². The zero-order valence-corrected chi connectivity index (χ0v) is 20.2. The number of halogens is 1. The van der Waals surface area contributed by atoms with Crippen molar-refractivity contribution in [2.45, 2.75) is 23.1 Å². The van der Waals surface area contributed by atoms with Gasteiger partial charge in [0.1, 0.15) is 11.6 Å². The highest BCUT2D eigenvalue weighted by atomic mass is 32.2. The summed E-state index contributed by atoms with van der Waals surface area (Å²) in [7, 11) is 0. The van der Waals surface area contributed by atoms with Gasteiger partial charge in [0.25, 0.3) is 5.91 Å². The molecule has 0 fully saturated rings. The van der Waals surface area contributed by atoms with Crippen LogP contribution >= 0.6 is 11.8 Å². The Kier molecular flexibility index (Phi) is 7.68. The van der Waals surface area contributed by atoms with Crippen LogP contribution in [0.5, 0.6) is 5.75 Å². The first kappa shape index (κ1) is 24.3. The van der Waals surface area contributed by atoms with Crippen LogP contribution in [0.1, 0.15) is 32.6 Å². The summed E-state index contributed by atoms with van der Waals surface area (Å²) in [4.78, 5) is 14.6. The maximum Gasteiger partial charge on any atom is 0.251 e. The predicted molar refractivity (Wildman–Crippen MR) is 140 cm³/mol. The highest BCUT2D eigenvalue weighted by molar-refractivity contribution is 7.99. The molecule has 4 aromatic carbocycles. The molecule has 0 spiro atoms. The second-order valence-corrected chi connectivity index (χ2v) is 9.30. The molecule has 0 aliphatic rings. The number of phenols is 1. The molecule has 0 aliphatic heterocycles. The lowest BCUT2D eigenvalue weighted by molar-refractivity contribution is 0.0954. The van der Waals surface area contributed by atoms with Crippen molar-refractivity contribution in [2.75, 3.05) is 6.54 Å². The average molecular weight is 484 g/mol.